The average Bonchev–Trinajstić information content (AvgIpc) is 3.06. The van der Waals surface area contributed by atoms with Gasteiger partial charge in [-0.3, -0.25) is 9.20 Å². The van der Waals surface area contributed by atoms with Crippen molar-refractivity contribution in [3.05, 3.63) is 28.5 Å². The Hall–Kier alpha value is -1.83. The number of hydrogen-bond acceptors (Lipinski definition) is 5. The van der Waals surface area contributed by atoms with Crippen LogP contribution in [0.4, 0.5) is 5.82 Å². The van der Waals surface area contributed by atoms with Crippen molar-refractivity contribution in [2.75, 3.05) is 45.6 Å². The molecule has 2 aromatic rings. The Bertz CT molecular complexity index is 799. The number of carbonyl (C=O) groups excluding carboxylic acids is 1. The standard InChI is InChI=1S/C19H28ClN5O2/c1-13-12-25-17(21)16(20)10-15(18(25)23-13)19(26)22-11-14-4-7-24(8-5-14)6-3-9-27-2/h10,12,14H,3-9,11,21H2,1-2H3,(H,22,26). The normalized spacial score (nSPS) is 16.1. The Morgan fingerprint density at radius 3 is 2.89 bits per heavy atom. The number of piperidine rings is 1. The molecule has 3 N–H and O–H groups in total. The van der Waals surface area contributed by atoms with Gasteiger partial charge < -0.3 is 20.7 Å². The third-order valence-corrected chi connectivity index (χ3v) is 5.47. The molecule has 1 fully saturated rings. The minimum atomic E-state index is -0.157. The van der Waals surface area contributed by atoms with Crippen LogP contribution in [0.3, 0.4) is 0 Å². The highest BCUT2D eigenvalue weighted by Crippen LogP contribution is 2.25. The second kappa shape index (κ2) is 8.91. The molecule has 1 aliphatic rings. The average molecular weight is 394 g/mol. The lowest BCUT2D eigenvalue weighted by atomic mass is 9.96. The number of methoxy groups -OCH3 is 1. The lowest BCUT2D eigenvalue weighted by Crippen LogP contribution is -2.39. The summed E-state index contributed by atoms with van der Waals surface area (Å²) in [5, 5.41) is 3.41. The van der Waals surface area contributed by atoms with Crippen molar-refractivity contribution < 1.29 is 9.53 Å². The SMILES string of the molecule is COCCCN1CCC(CNC(=O)c2cc(Cl)c(N)n3cc(C)nc23)CC1. The molecule has 0 saturated carbocycles. The number of amides is 1. The van der Waals surface area contributed by atoms with Gasteiger partial charge >= 0.3 is 0 Å². The zero-order valence-corrected chi connectivity index (χ0v) is 16.8. The van der Waals surface area contributed by atoms with E-state index in [-0.39, 0.29) is 5.91 Å². The molecule has 1 amide bonds. The number of nitrogens with one attached hydrogen (secondary N) is 1. The van der Waals surface area contributed by atoms with Gasteiger partial charge in [-0.25, -0.2) is 4.98 Å². The highest BCUT2D eigenvalue weighted by molar-refractivity contribution is 6.33. The first-order chi connectivity index (χ1) is 13.0. The van der Waals surface area contributed by atoms with Crippen molar-refractivity contribution in [1.29, 1.82) is 0 Å². The summed E-state index contributed by atoms with van der Waals surface area (Å²) in [7, 11) is 1.74. The zero-order chi connectivity index (χ0) is 19.4. The lowest BCUT2D eigenvalue weighted by Gasteiger charge is -2.31. The number of pyridine rings is 1. The number of fused-ring (bicyclic) bond motifs is 1. The minimum Gasteiger partial charge on any atom is -0.385 e. The first-order valence-electron chi connectivity index (χ1n) is 9.42. The summed E-state index contributed by atoms with van der Waals surface area (Å²) in [6.45, 7) is 6.56. The molecule has 0 spiro atoms. The predicted octanol–water partition coefficient (Wildman–Crippen LogP) is 2.36. The monoisotopic (exact) mass is 393 g/mol. The summed E-state index contributed by atoms with van der Waals surface area (Å²) < 4.78 is 6.78. The smallest absolute Gasteiger partial charge is 0.255 e. The van der Waals surface area contributed by atoms with E-state index in [2.05, 4.69) is 15.2 Å². The number of nitrogens with zero attached hydrogens (tertiary/aromatic N) is 3. The molecule has 27 heavy (non-hydrogen) atoms. The number of imidazole rings is 1. The fraction of sp³-hybridized carbons (Fsp3) is 0.579. The predicted molar refractivity (Wildman–Crippen MR) is 107 cm³/mol. The van der Waals surface area contributed by atoms with Gasteiger partial charge in [0.25, 0.3) is 5.91 Å². The van der Waals surface area contributed by atoms with Crippen molar-refractivity contribution in [2.45, 2.75) is 26.2 Å². The van der Waals surface area contributed by atoms with Gasteiger partial charge in [0.2, 0.25) is 0 Å². The van der Waals surface area contributed by atoms with E-state index in [4.69, 9.17) is 22.1 Å². The third kappa shape index (κ3) is 4.72. The van der Waals surface area contributed by atoms with Gasteiger partial charge in [-0.15, -0.1) is 0 Å². The Labute approximate surface area is 164 Å². The van der Waals surface area contributed by atoms with E-state index in [0.29, 0.717) is 34.5 Å². The first kappa shape index (κ1) is 19.9. The Morgan fingerprint density at radius 2 is 2.19 bits per heavy atom. The number of likely N-dealkylation sites (tertiary alicyclic amines) is 1. The molecule has 148 valence electrons. The number of nitrogen functional groups attached to an aromatic ring is 1. The molecular formula is C19H28ClN5O2. The fourth-order valence-electron chi connectivity index (χ4n) is 3.60. The molecule has 1 saturated heterocycles. The summed E-state index contributed by atoms with van der Waals surface area (Å²) in [5.74, 6) is 0.731. The molecule has 8 heteroatoms. The number of aryl methyl sites for hydroxylation is 1. The van der Waals surface area contributed by atoms with E-state index in [1.54, 1.807) is 23.8 Å². The Morgan fingerprint density at radius 1 is 1.44 bits per heavy atom. The molecule has 0 bridgehead atoms. The molecule has 1 aliphatic heterocycles. The maximum atomic E-state index is 12.7. The zero-order valence-electron chi connectivity index (χ0n) is 16.0. The first-order valence-corrected chi connectivity index (χ1v) is 9.80. The van der Waals surface area contributed by atoms with Crippen molar-refractivity contribution >= 4 is 29.0 Å². The number of aromatic nitrogens is 2. The van der Waals surface area contributed by atoms with Crippen LogP contribution in [0.2, 0.25) is 5.02 Å². The van der Waals surface area contributed by atoms with Crippen LogP contribution >= 0.6 is 11.6 Å². The largest absolute Gasteiger partial charge is 0.385 e. The quantitative estimate of drug-likeness (QED) is 0.705. The second-order valence-electron chi connectivity index (χ2n) is 7.21. The molecule has 2 aromatic heterocycles. The second-order valence-corrected chi connectivity index (χ2v) is 7.62. The molecule has 0 atom stereocenters. The van der Waals surface area contributed by atoms with Crippen LogP contribution in [0.5, 0.6) is 0 Å². The Balaban J connectivity index is 1.56. The van der Waals surface area contributed by atoms with Gasteiger partial charge in [0.15, 0.2) is 5.65 Å². The number of ether oxygens (including phenoxy) is 1. The highest BCUT2D eigenvalue weighted by atomic mass is 35.5. The van der Waals surface area contributed by atoms with Gasteiger partial charge in [-0.1, -0.05) is 11.6 Å². The van der Waals surface area contributed by atoms with Crippen molar-refractivity contribution in [1.82, 2.24) is 19.6 Å². The Kier molecular flexibility index (Phi) is 6.57. The van der Waals surface area contributed by atoms with Crippen LogP contribution in [-0.4, -0.2) is 60.1 Å². The number of rotatable bonds is 7. The van der Waals surface area contributed by atoms with E-state index in [1.165, 1.54) is 0 Å². The molecule has 7 nitrogen and oxygen atoms in total. The third-order valence-electron chi connectivity index (χ3n) is 5.17. The van der Waals surface area contributed by atoms with Gasteiger partial charge in [0.1, 0.15) is 5.82 Å². The van der Waals surface area contributed by atoms with Crippen LogP contribution in [0, 0.1) is 12.8 Å². The minimum absolute atomic E-state index is 0.157. The van der Waals surface area contributed by atoms with Crippen molar-refractivity contribution in [3.8, 4) is 0 Å². The van der Waals surface area contributed by atoms with Gasteiger partial charge in [0, 0.05) is 33.0 Å². The van der Waals surface area contributed by atoms with E-state index < -0.39 is 0 Å². The number of carbonyl (C=O) groups is 1. The summed E-state index contributed by atoms with van der Waals surface area (Å²) in [6.07, 6.45) is 5.03. The maximum absolute atomic E-state index is 12.7. The molecule has 0 radical (unpaired) electrons. The summed E-state index contributed by atoms with van der Waals surface area (Å²) >= 11 is 6.20. The van der Waals surface area contributed by atoms with Crippen LogP contribution in [0.25, 0.3) is 5.65 Å². The van der Waals surface area contributed by atoms with Gasteiger partial charge in [0.05, 0.1) is 16.3 Å². The number of anilines is 1. The fourth-order valence-corrected chi connectivity index (χ4v) is 3.80. The van der Waals surface area contributed by atoms with Crippen LogP contribution in [-0.2, 0) is 4.74 Å². The van der Waals surface area contributed by atoms with Crippen LogP contribution < -0.4 is 11.1 Å². The van der Waals surface area contributed by atoms with Gasteiger partial charge in [-0.2, -0.15) is 0 Å². The summed E-state index contributed by atoms with van der Waals surface area (Å²) in [4.78, 5) is 19.6. The number of hydrogen-bond donors (Lipinski definition) is 2. The molecule has 3 heterocycles. The summed E-state index contributed by atoms with van der Waals surface area (Å²) in [5.41, 5.74) is 7.78. The van der Waals surface area contributed by atoms with E-state index in [1.807, 2.05) is 6.92 Å². The molecule has 3 rings (SSSR count). The summed E-state index contributed by atoms with van der Waals surface area (Å²) in [6, 6.07) is 1.60. The van der Waals surface area contributed by atoms with Crippen molar-refractivity contribution in [2.24, 2.45) is 5.92 Å². The van der Waals surface area contributed by atoms with Crippen LogP contribution in [0.15, 0.2) is 12.3 Å². The number of halogens is 1. The topological polar surface area (TPSA) is 84.9 Å². The van der Waals surface area contributed by atoms with E-state index in [9.17, 15) is 4.79 Å². The van der Waals surface area contributed by atoms with E-state index in [0.717, 1.165) is 51.2 Å². The molecule has 0 aliphatic carbocycles. The van der Waals surface area contributed by atoms with Crippen molar-refractivity contribution in [3.63, 3.8) is 0 Å². The van der Waals surface area contributed by atoms with E-state index >= 15 is 0 Å². The number of nitrogens with two attached hydrogens (primary N) is 1. The lowest BCUT2D eigenvalue weighted by molar-refractivity contribution is 0.0934. The maximum Gasteiger partial charge on any atom is 0.255 e. The molecule has 0 unspecified atom stereocenters. The highest BCUT2D eigenvalue weighted by Gasteiger charge is 2.21. The molecule has 0 aromatic carbocycles. The van der Waals surface area contributed by atoms with Gasteiger partial charge in [-0.05, 0) is 51.3 Å². The van der Waals surface area contributed by atoms with Crippen LogP contribution in [0.1, 0.15) is 35.3 Å². The molecular weight excluding hydrogens is 366 g/mol.